The molecule has 76 valence electrons. The van der Waals surface area contributed by atoms with Gasteiger partial charge in [0.1, 0.15) is 0 Å². The van der Waals surface area contributed by atoms with Crippen molar-refractivity contribution in [1.82, 2.24) is 0 Å². The normalized spacial score (nSPS) is 24.8. The molecule has 1 N–H and O–H groups in total. The number of aliphatic hydroxyl groups is 1. The third-order valence-electron chi connectivity index (χ3n) is 2.13. The minimum atomic E-state index is -1.40. The first-order chi connectivity index (χ1) is 6.64. The summed E-state index contributed by atoms with van der Waals surface area (Å²) in [4.78, 5) is 0. The minimum Gasteiger partial charge on any atom is -0.483 e. The van der Waals surface area contributed by atoms with Crippen molar-refractivity contribution in [2.45, 2.75) is 12.7 Å². The third kappa shape index (κ3) is 1.53. The summed E-state index contributed by atoms with van der Waals surface area (Å²) in [5.41, 5.74) is 0.922. The molecule has 0 amide bonds. The highest BCUT2D eigenvalue weighted by Gasteiger charge is 2.35. The van der Waals surface area contributed by atoms with Gasteiger partial charge in [0.25, 0.3) is 5.79 Å². The number of halogens is 1. The zero-order valence-corrected chi connectivity index (χ0v) is 8.54. The van der Waals surface area contributed by atoms with Crippen LogP contribution < -0.4 is 9.47 Å². The van der Waals surface area contributed by atoms with Gasteiger partial charge in [-0.3, -0.25) is 0 Å². The van der Waals surface area contributed by atoms with E-state index in [-0.39, 0.29) is 12.5 Å². The predicted octanol–water partition coefficient (Wildman–Crippen LogP) is 1.69. The summed E-state index contributed by atoms with van der Waals surface area (Å²) in [7, 11) is 0. The molecule has 1 aromatic rings. The third-order valence-corrected chi connectivity index (χ3v) is 2.55. The van der Waals surface area contributed by atoms with Gasteiger partial charge in [-0.05, 0) is 18.6 Å². The maximum Gasteiger partial charge on any atom is 0.256 e. The van der Waals surface area contributed by atoms with Crippen molar-refractivity contribution in [3.05, 3.63) is 23.8 Å². The Balaban J connectivity index is 2.38. The van der Waals surface area contributed by atoms with Gasteiger partial charge in [-0.1, -0.05) is 12.1 Å². The van der Waals surface area contributed by atoms with Gasteiger partial charge in [0.2, 0.25) is 0 Å². The number of ether oxygens (including phenoxy) is 2. The second-order valence-corrected chi connectivity index (χ2v) is 3.64. The largest absolute Gasteiger partial charge is 0.483 e. The number of aryl methyl sites for hydroxylation is 1. The molecule has 1 atom stereocenters. The number of rotatable bonds is 1. The summed E-state index contributed by atoms with van der Waals surface area (Å²) in [5.74, 6) is -0.191. The lowest BCUT2D eigenvalue weighted by Crippen LogP contribution is -2.46. The molecule has 0 aromatic heterocycles. The zero-order chi connectivity index (χ0) is 10.2. The maximum atomic E-state index is 9.77. The Hall–Kier alpha value is -0.930. The van der Waals surface area contributed by atoms with Crippen LogP contribution in [0.15, 0.2) is 18.2 Å². The fourth-order valence-electron chi connectivity index (χ4n) is 1.35. The molecule has 1 aromatic carbocycles. The average molecular weight is 215 g/mol. The van der Waals surface area contributed by atoms with Crippen LogP contribution in [0.2, 0.25) is 0 Å². The number of hydrogen-bond donors (Lipinski definition) is 1. The highest BCUT2D eigenvalue weighted by molar-refractivity contribution is 6.18. The Bertz CT molecular complexity index is 353. The molecule has 14 heavy (non-hydrogen) atoms. The number of alkyl halides is 1. The minimum absolute atomic E-state index is 0.0131. The quantitative estimate of drug-likeness (QED) is 0.724. The molecule has 1 heterocycles. The molecule has 4 heteroatoms. The van der Waals surface area contributed by atoms with Crippen molar-refractivity contribution >= 4 is 11.6 Å². The van der Waals surface area contributed by atoms with Crippen molar-refractivity contribution in [1.29, 1.82) is 0 Å². The molecule has 0 saturated heterocycles. The Morgan fingerprint density at radius 2 is 2.36 bits per heavy atom. The van der Waals surface area contributed by atoms with E-state index in [2.05, 4.69) is 0 Å². The number of fused-ring (bicyclic) bond motifs is 1. The number of benzene rings is 1. The van der Waals surface area contributed by atoms with Crippen LogP contribution in [0.5, 0.6) is 11.5 Å². The van der Waals surface area contributed by atoms with Crippen molar-refractivity contribution in [3.8, 4) is 11.5 Å². The smallest absolute Gasteiger partial charge is 0.256 e. The predicted molar refractivity (Wildman–Crippen MR) is 53.0 cm³/mol. The Labute approximate surface area is 87.2 Å². The van der Waals surface area contributed by atoms with E-state index in [1.54, 1.807) is 6.07 Å². The van der Waals surface area contributed by atoms with E-state index >= 15 is 0 Å². The first-order valence-electron chi connectivity index (χ1n) is 4.34. The van der Waals surface area contributed by atoms with Gasteiger partial charge in [-0.2, -0.15) is 0 Å². The Morgan fingerprint density at radius 1 is 1.57 bits per heavy atom. The van der Waals surface area contributed by atoms with E-state index < -0.39 is 5.79 Å². The lowest BCUT2D eigenvalue weighted by atomic mass is 10.2. The summed E-state index contributed by atoms with van der Waals surface area (Å²) in [6.45, 7) is 1.95. The highest BCUT2D eigenvalue weighted by atomic mass is 35.5. The maximum absolute atomic E-state index is 9.77. The van der Waals surface area contributed by atoms with Gasteiger partial charge >= 0.3 is 0 Å². The fraction of sp³-hybridized carbons (Fsp3) is 0.400. The van der Waals surface area contributed by atoms with Gasteiger partial charge in [0.15, 0.2) is 18.1 Å². The molecular weight excluding hydrogens is 204 g/mol. The lowest BCUT2D eigenvalue weighted by Gasteiger charge is -2.33. The number of hydrogen-bond acceptors (Lipinski definition) is 3. The summed E-state index contributed by atoms with van der Waals surface area (Å²) in [5, 5.41) is 9.77. The molecule has 0 aliphatic carbocycles. The van der Waals surface area contributed by atoms with Crippen LogP contribution in [0.3, 0.4) is 0 Å². The van der Waals surface area contributed by atoms with Crippen LogP contribution in [-0.2, 0) is 0 Å². The van der Waals surface area contributed by atoms with Gasteiger partial charge in [0, 0.05) is 0 Å². The van der Waals surface area contributed by atoms with E-state index in [1.165, 1.54) is 0 Å². The average Bonchev–Trinajstić information content (AvgIpc) is 2.20. The van der Waals surface area contributed by atoms with Crippen LogP contribution in [0.25, 0.3) is 0 Å². The molecule has 1 unspecified atom stereocenters. The van der Waals surface area contributed by atoms with E-state index in [1.807, 2.05) is 19.1 Å². The molecule has 2 rings (SSSR count). The highest BCUT2D eigenvalue weighted by Crippen LogP contribution is 2.37. The second kappa shape index (κ2) is 3.33. The van der Waals surface area contributed by atoms with E-state index in [4.69, 9.17) is 21.1 Å². The molecule has 0 saturated carbocycles. The Morgan fingerprint density at radius 3 is 3.07 bits per heavy atom. The van der Waals surface area contributed by atoms with Crippen LogP contribution in [0.1, 0.15) is 5.56 Å². The van der Waals surface area contributed by atoms with Gasteiger partial charge < -0.3 is 14.6 Å². The molecule has 0 spiro atoms. The van der Waals surface area contributed by atoms with E-state index in [0.717, 1.165) is 5.56 Å². The molecule has 0 radical (unpaired) electrons. The fourth-order valence-corrected chi connectivity index (χ4v) is 1.48. The molecule has 1 aliphatic rings. The molecule has 3 nitrogen and oxygen atoms in total. The summed E-state index contributed by atoms with van der Waals surface area (Å²) < 4.78 is 10.7. The standard InChI is InChI=1S/C10H11ClO3/c1-7-3-2-4-8-9(7)14-10(12,5-11)6-13-8/h2-4,12H,5-6H2,1H3. The first-order valence-corrected chi connectivity index (χ1v) is 4.88. The van der Waals surface area contributed by atoms with Crippen molar-refractivity contribution < 1.29 is 14.6 Å². The first kappa shape index (κ1) is 9.62. The molecule has 0 bridgehead atoms. The Kier molecular flexibility index (Phi) is 2.29. The van der Waals surface area contributed by atoms with Crippen molar-refractivity contribution in [2.24, 2.45) is 0 Å². The van der Waals surface area contributed by atoms with Gasteiger partial charge in [0.05, 0.1) is 5.88 Å². The van der Waals surface area contributed by atoms with E-state index in [0.29, 0.717) is 11.5 Å². The van der Waals surface area contributed by atoms with Crippen LogP contribution >= 0.6 is 11.6 Å². The molecule has 1 aliphatic heterocycles. The molecular formula is C10H11ClO3. The van der Waals surface area contributed by atoms with Crippen LogP contribution in [0, 0.1) is 6.92 Å². The van der Waals surface area contributed by atoms with Crippen molar-refractivity contribution in [2.75, 3.05) is 12.5 Å². The summed E-state index contributed by atoms with van der Waals surface area (Å²) >= 11 is 5.59. The summed E-state index contributed by atoms with van der Waals surface area (Å²) in [6, 6.07) is 5.57. The summed E-state index contributed by atoms with van der Waals surface area (Å²) in [6.07, 6.45) is 0. The van der Waals surface area contributed by atoms with Gasteiger partial charge in [-0.15, -0.1) is 11.6 Å². The van der Waals surface area contributed by atoms with Crippen molar-refractivity contribution in [3.63, 3.8) is 0 Å². The van der Waals surface area contributed by atoms with Crippen LogP contribution in [-0.4, -0.2) is 23.4 Å². The second-order valence-electron chi connectivity index (χ2n) is 3.37. The zero-order valence-electron chi connectivity index (χ0n) is 7.79. The monoisotopic (exact) mass is 214 g/mol. The van der Waals surface area contributed by atoms with Crippen LogP contribution in [0.4, 0.5) is 0 Å². The van der Waals surface area contributed by atoms with E-state index in [9.17, 15) is 5.11 Å². The number of para-hydroxylation sites is 1. The lowest BCUT2D eigenvalue weighted by molar-refractivity contribution is -0.157. The molecule has 0 fully saturated rings. The van der Waals surface area contributed by atoms with Gasteiger partial charge in [-0.25, -0.2) is 0 Å². The topological polar surface area (TPSA) is 38.7 Å². The SMILES string of the molecule is Cc1cccc2c1OC(O)(CCl)CO2.